The SMILES string of the molecule is C=C(C)C(F)(F)N(CCN)CCN. The maximum atomic E-state index is 13.3. The Hall–Kier alpha value is -0.520. The largest absolute Gasteiger partial charge is 0.329 e. The zero-order valence-electron chi connectivity index (χ0n) is 7.89. The molecule has 0 aromatic rings. The Bertz CT molecular complexity index is 165. The highest BCUT2D eigenvalue weighted by Crippen LogP contribution is 2.26. The standard InChI is InChI=1S/C8H17F2N3/c1-7(2)8(9,10)13(5-3-11)6-4-12/h1,3-6,11-12H2,2H3. The predicted octanol–water partition coefficient (Wildman–Crippen LogP) is 0.375. The first-order chi connectivity index (χ1) is 5.96. The molecule has 0 atom stereocenters. The van der Waals surface area contributed by atoms with Gasteiger partial charge < -0.3 is 11.5 Å². The second kappa shape index (κ2) is 5.26. The van der Waals surface area contributed by atoms with Gasteiger partial charge in [0.25, 0.3) is 0 Å². The van der Waals surface area contributed by atoms with Crippen molar-refractivity contribution in [3.63, 3.8) is 0 Å². The van der Waals surface area contributed by atoms with Gasteiger partial charge in [-0.2, -0.15) is 8.78 Å². The fraction of sp³-hybridized carbons (Fsp3) is 0.750. The molecule has 0 aromatic carbocycles. The maximum absolute atomic E-state index is 13.3. The van der Waals surface area contributed by atoms with E-state index in [1.54, 1.807) is 0 Å². The van der Waals surface area contributed by atoms with Crippen molar-refractivity contribution in [2.45, 2.75) is 13.0 Å². The van der Waals surface area contributed by atoms with E-state index in [1.807, 2.05) is 0 Å². The second-order valence-corrected chi connectivity index (χ2v) is 2.89. The third-order valence-electron chi connectivity index (χ3n) is 1.71. The Labute approximate surface area is 77.4 Å². The average molecular weight is 193 g/mol. The Balaban J connectivity index is 4.41. The van der Waals surface area contributed by atoms with Crippen LogP contribution in [0.2, 0.25) is 0 Å². The Morgan fingerprint density at radius 1 is 1.31 bits per heavy atom. The molecule has 3 nitrogen and oxygen atoms in total. The lowest BCUT2D eigenvalue weighted by molar-refractivity contribution is -0.110. The molecule has 0 bridgehead atoms. The minimum Gasteiger partial charge on any atom is -0.329 e. The van der Waals surface area contributed by atoms with E-state index < -0.39 is 6.05 Å². The van der Waals surface area contributed by atoms with Crippen LogP contribution in [0.25, 0.3) is 0 Å². The van der Waals surface area contributed by atoms with Gasteiger partial charge in [0.1, 0.15) is 0 Å². The number of halogens is 2. The van der Waals surface area contributed by atoms with Gasteiger partial charge in [-0.3, -0.25) is 0 Å². The second-order valence-electron chi connectivity index (χ2n) is 2.89. The first-order valence-corrected chi connectivity index (χ1v) is 4.15. The van der Waals surface area contributed by atoms with E-state index in [9.17, 15) is 8.78 Å². The van der Waals surface area contributed by atoms with Crippen LogP contribution < -0.4 is 11.5 Å². The predicted molar refractivity (Wildman–Crippen MR) is 49.4 cm³/mol. The van der Waals surface area contributed by atoms with Gasteiger partial charge >= 0.3 is 6.05 Å². The van der Waals surface area contributed by atoms with Crippen LogP contribution in [0.5, 0.6) is 0 Å². The fourth-order valence-electron chi connectivity index (χ4n) is 0.974. The van der Waals surface area contributed by atoms with Crippen LogP contribution in [0, 0.1) is 0 Å². The van der Waals surface area contributed by atoms with Crippen LogP contribution in [-0.4, -0.2) is 37.1 Å². The molecule has 0 aliphatic rings. The Morgan fingerprint density at radius 2 is 1.69 bits per heavy atom. The van der Waals surface area contributed by atoms with Gasteiger partial charge in [0.05, 0.1) is 0 Å². The molecule has 5 heteroatoms. The van der Waals surface area contributed by atoms with E-state index in [2.05, 4.69) is 6.58 Å². The van der Waals surface area contributed by atoms with Crippen LogP contribution in [-0.2, 0) is 0 Å². The van der Waals surface area contributed by atoms with Crippen LogP contribution in [0.15, 0.2) is 12.2 Å². The van der Waals surface area contributed by atoms with E-state index in [-0.39, 0.29) is 31.8 Å². The van der Waals surface area contributed by atoms with Gasteiger partial charge in [-0.05, 0) is 6.92 Å². The van der Waals surface area contributed by atoms with E-state index in [4.69, 9.17) is 11.5 Å². The number of hydrogen-bond acceptors (Lipinski definition) is 3. The zero-order chi connectivity index (χ0) is 10.5. The van der Waals surface area contributed by atoms with Crippen molar-refractivity contribution in [1.82, 2.24) is 4.90 Å². The van der Waals surface area contributed by atoms with Crippen LogP contribution in [0.4, 0.5) is 8.78 Å². The van der Waals surface area contributed by atoms with Gasteiger partial charge in [-0.15, -0.1) is 0 Å². The molecule has 0 heterocycles. The normalized spacial score (nSPS) is 12.2. The van der Waals surface area contributed by atoms with Gasteiger partial charge in [-0.25, -0.2) is 4.90 Å². The van der Waals surface area contributed by atoms with Crippen LogP contribution in [0.1, 0.15) is 6.92 Å². The third kappa shape index (κ3) is 3.38. The number of rotatable bonds is 6. The average Bonchev–Trinajstić information content (AvgIpc) is 2.03. The van der Waals surface area contributed by atoms with E-state index >= 15 is 0 Å². The highest BCUT2D eigenvalue weighted by Gasteiger charge is 2.36. The Kier molecular flexibility index (Phi) is 5.05. The van der Waals surface area contributed by atoms with Crippen molar-refractivity contribution in [2.75, 3.05) is 26.2 Å². The molecule has 0 spiro atoms. The van der Waals surface area contributed by atoms with Gasteiger partial charge in [-0.1, -0.05) is 6.58 Å². The maximum Gasteiger partial charge on any atom is 0.327 e. The molecule has 0 aromatic heterocycles. The first kappa shape index (κ1) is 12.5. The summed E-state index contributed by atoms with van der Waals surface area (Å²) in [6.45, 7) is 5.14. The molecule has 0 aliphatic heterocycles. The molecular formula is C8H17F2N3. The highest BCUT2D eigenvalue weighted by molar-refractivity contribution is 5.02. The molecule has 0 unspecified atom stereocenters. The van der Waals surface area contributed by atoms with Gasteiger partial charge in [0.15, 0.2) is 0 Å². The minimum absolute atomic E-state index is 0.122. The molecule has 13 heavy (non-hydrogen) atoms. The first-order valence-electron chi connectivity index (χ1n) is 4.15. The number of alkyl halides is 2. The number of nitrogens with two attached hydrogens (primary N) is 2. The quantitative estimate of drug-likeness (QED) is 0.473. The highest BCUT2D eigenvalue weighted by atomic mass is 19.3. The molecule has 4 N–H and O–H groups in total. The van der Waals surface area contributed by atoms with Crippen molar-refractivity contribution >= 4 is 0 Å². The summed E-state index contributed by atoms with van der Waals surface area (Å²) in [7, 11) is 0. The van der Waals surface area contributed by atoms with Crippen molar-refractivity contribution in [2.24, 2.45) is 11.5 Å². The van der Waals surface area contributed by atoms with Gasteiger partial charge in [0, 0.05) is 31.8 Å². The summed E-state index contributed by atoms with van der Waals surface area (Å²) in [4.78, 5) is 0.940. The van der Waals surface area contributed by atoms with Crippen LogP contribution >= 0.6 is 0 Å². The fourth-order valence-corrected chi connectivity index (χ4v) is 0.974. The van der Waals surface area contributed by atoms with Crippen molar-refractivity contribution in [3.05, 3.63) is 12.2 Å². The molecular weight excluding hydrogens is 176 g/mol. The monoisotopic (exact) mass is 193 g/mol. The number of nitrogens with zero attached hydrogens (tertiary/aromatic N) is 1. The summed E-state index contributed by atoms with van der Waals surface area (Å²) in [5.74, 6) is 0. The van der Waals surface area contributed by atoms with Crippen molar-refractivity contribution in [1.29, 1.82) is 0 Å². The molecule has 0 saturated heterocycles. The summed E-state index contributed by atoms with van der Waals surface area (Å²) < 4.78 is 26.6. The minimum atomic E-state index is -3.00. The van der Waals surface area contributed by atoms with Crippen molar-refractivity contribution in [3.8, 4) is 0 Å². The van der Waals surface area contributed by atoms with E-state index in [0.29, 0.717) is 0 Å². The third-order valence-corrected chi connectivity index (χ3v) is 1.71. The topological polar surface area (TPSA) is 55.3 Å². The molecule has 0 radical (unpaired) electrons. The summed E-state index contributed by atoms with van der Waals surface area (Å²) in [5, 5.41) is 0. The lowest BCUT2D eigenvalue weighted by Gasteiger charge is -2.30. The molecule has 0 rings (SSSR count). The summed E-state index contributed by atoms with van der Waals surface area (Å²) >= 11 is 0. The lowest BCUT2D eigenvalue weighted by Crippen LogP contribution is -2.47. The molecule has 0 saturated carbocycles. The summed E-state index contributed by atoms with van der Waals surface area (Å²) in [6.07, 6.45) is 0. The molecule has 0 aliphatic carbocycles. The molecule has 0 fully saturated rings. The van der Waals surface area contributed by atoms with E-state index in [1.165, 1.54) is 6.92 Å². The van der Waals surface area contributed by atoms with E-state index in [0.717, 1.165) is 4.90 Å². The Morgan fingerprint density at radius 3 is 1.92 bits per heavy atom. The molecule has 0 amide bonds. The van der Waals surface area contributed by atoms with Crippen molar-refractivity contribution < 1.29 is 8.78 Å². The summed E-state index contributed by atoms with van der Waals surface area (Å²) in [5.41, 5.74) is 10.2. The smallest absolute Gasteiger partial charge is 0.327 e. The number of hydrogen-bond donors (Lipinski definition) is 2. The van der Waals surface area contributed by atoms with Crippen LogP contribution in [0.3, 0.4) is 0 Å². The lowest BCUT2D eigenvalue weighted by atomic mass is 10.2. The molecule has 78 valence electrons. The van der Waals surface area contributed by atoms with Gasteiger partial charge in [0.2, 0.25) is 0 Å². The zero-order valence-corrected chi connectivity index (χ0v) is 7.89. The summed E-state index contributed by atoms with van der Waals surface area (Å²) in [6, 6.07) is -3.00.